The number of hydrogen-bond donors (Lipinski definition) is 1. The average molecular weight is 209 g/mol. The van der Waals surface area contributed by atoms with Gasteiger partial charge < -0.3 is 10.0 Å². The van der Waals surface area contributed by atoms with Crippen molar-refractivity contribution in [3.8, 4) is 0 Å². The highest BCUT2D eigenvalue weighted by Crippen LogP contribution is 2.00. The molecule has 3 nitrogen and oxygen atoms in total. The van der Waals surface area contributed by atoms with E-state index in [0.29, 0.717) is 0 Å². The van der Waals surface area contributed by atoms with Crippen molar-refractivity contribution in [1.29, 1.82) is 0 Å². The van der Waals surface area contributed by atoms with Crippen LogP contribution in [0.4, 0.5) is 0 Å². The molecule has 0 amide bonds. The van der Waals surface area contributed by atoms with Crippen LogP contribution in [0.25, 0.3) is 0 Å². The van der Waals surface area contributed by atoms with Crippen LogP contribution in [0.15, 0.2) is 0 Å². The van der Waals surface area contributed by atoms with Crippen LogP contribution in [-0.2, 0) is 19.7 Å². The normalized spacial score (nSPS) is 21.1. The van der Waals surface area contributed by atoms with Crippen LogP contribution in [0.1, 0.15) is 6.42 Å². The van der Waals surface area contributed by atoms with Crippen LogP contribution >= 0.6 is 0 Å². The summed E-state index contributed by atoms with van der Waals surface area (Å²) in [5.74, 6) is 2.08. The molecular weight excluding hydrogens is 194 g/mol. The van der Waals surface area contributed by atoms with Gasteiger partial charge in [0, 0.05) is 37.7 Å². The molecule has 1 aliphatic heterocycles. The Kier molecular flexibility index (Phi) is 5.06. The highest BCUT2D eigenvalue weighted by Gasteiger charge is 2.12. The van der Waals surface area contributed by atoms with Gasteiger partial charge in [0.05, 0.1) is 0 Å². The lowest BCUT2D eigenvalue weighted by Crippen LogP contribution is -2.38. The minimum absolute atomic E-state index is 0.0791. The van der Waals surface area contributed by atoms with Crippen molar-refractivity contribution in [2.24, 2.45) is 0 Å². The number of hydrogen-bond acceptors (Lipinski definition) is 3. The highest BCUT2D eigenvalue weighted by atomic mass is 32.8. The fraction of sp³-hybridized carbons (Fsp3) is 1.00. The third-order valence-corrected chi connectivity index (χ3v) is 5.04. The van der Waals surface area contributed by atoms with Gasteiger partial charge in [-0.05, 0) is 6.42 Å². The van der Waals surface area contributed by atoms with Crippen LogP contribution in [0.3, 0.4) is 0 Å². The van der Waals surface area contributed by atoms with E-state index in [1.807, 2.05) is 0 Å². The van der Waals surface area contributed by atoms with E-state index in [-0.39, 0.29) is 16.1 Å². The standard InChI is InChI=1S/C7H15NO2S2/c9-5-1-2-8-3-6-12(11-10)7-4-8/h9H,1-7H2. The Labute approximate surface area is 78.4 Å². The molecule has 1 saturated heterocycles. The predicted molar refractivity (Wildman–Crippen MR) is 53.4 cm³/mol. The van der Waals surface area contributed by atoms with Crippen molar-refractivity contribution in [3.63, 3.8) is 0 Å². The topological polar surface area (TPSA) is 40.5 Å². The summed E-state index contributed by atoms with van der Waals surface area (Å²) < 4.78 is 10.5. The van der Waals surface area contributed by atoms with Gasteiger partial charge >= 0.3 is 0 Å². The molecule has 0 aromatic heterocycles. The van der Waals surface area contributed by atoms with E-state index < -0.39 is 0 Å². The molecule has 0 bridgehead atoms. The monoisotopic (exact) mass is 209 g/mol. The van der Waals surface area contributed by atoms with E-state index in [1.165, 1.54) is 0 Å². The Morgan fingerprint density at radius 2 is 2.08 bits per heavy atom. The molecule has 0 spiro atoms. The van der Waals surface area contributed by atoms with Gasteiger partial charge in [0.15, 0.2) is 0 Å². The summed E-state index contributed by atoms with van der Waals surface area (Å²) in [5.41, 5.74) is 0. The fourth-order valence-electron chi connectivity index (χ4n) is 1.26. The highest BCUT2D eigenvalue weighted by molar-refractivity contribution is 8.31. The first kappa shape index (κ1) is 10.4. The molecule has 1 N–H and O–H groups in total. The van der Waals surface area contributed by atoms with Gasteiger partial charge in [0.1, 0.15) is 10.2 Å². The van der Waals surface area contributed by atoms with E-state index in [1.54, 1.807) is 0 Å². The van der Waals surface area contributed by atoms with Crippen molar-refractivity contribution in [2.75, 3.05) is 37.7 Å². The van der Waals surface area contributed by atoms with Gasteiger partial charge in [-0.1, -0.05) is 9.45 Å². The molecule has 12 heavy (non-hydrogen) atoms. The smallest absolute Gasteiger partial charge is 0.120 e. The predicted octanol–water partition coefficient (Wildman–Crippen LogP) is -0.569. The first-order chi connectivity index (χ1) is 5.86. The van der Waals surface area contributed by atoms with Gasteiger partial charge in [-0.25, -0.2) is 4.21 Å². The fourth-order valence-corrected chi connectivity index (χ4v) is 3.38. The van der Waals surface area contributed by atoms with Crippen LogP contribution in [0.5, 0.6) is 0 Å². The maximum atomic E-state index is 10.5. The second kappa shape index (κ2) is 5.85. The first-order valence-electron chi connectivity index (χ1n) is 4.18. The summed E-state index contributed by atoms with van der Waals surface area (Å²) in [7, 11) is 0.852. The summed E-state index contributed by atoms with van der Waals surface area (Å²) in [4.78, 5) is 2.33. The van der Waals surface area contributed by atoms with E-state index in [9.17, 15) is 4.21 Å². The molecule has 0 saturated carbocycles. The molecule has 0 atom stereocenters. The summed E-state index contributed by atoms with van der Waals surface area (Å²) in [5, 5.41) is 8.62. The molecular formula is C7H15NO2S2. The Balaban J connectivity index is 2.21. The summed E-state index contributed by atoms with van der Waals surface area (Å²) in [6.07, 6.45) is 0.859. The lowest BCUT2D eigenvalue weighted by atomic mass is 10.4. The minimum Gasteiger partial charge on any atom is -0.396 e. The van der Waals surface area contributed by atoms with Crippen molar-refractivity contribution in [2.45, 2.75) is 6.42 Å². The summed E-state index contributed by atoms with van der Waals surface area (Å²) in [6, 6.07) is 0. The molecule has 1 heterocycles. The van der Waals surface area contributed by atoms with Crippen LogP contribution < -0.4 is 0 Å². The summed E-state index contributed by atoms with van der Waals surface area (Å²) >= 11 is 0. The molecule has 0 radical (unpaired) electrons. The largest absolute Gasteiger partial charge is 0.396 e. The maximum absolute atomic E-state index is 10.5. The molecule has 1 fully saturated rings. The minimum atomic E-state index is 0.0791. The van der Waals surface area contributed by atoms with E-state index in [4.69, 9.17) is 5.11 Å². The number of nitrogens with zero attached hydrogens (tertiary/aromatic N) is 1. The quantitative estimate of drug-likeness (QED) is 0.677. The van der Waals surface area contributed by atoms with Gasteiger partial charge in [-0.2, -0.15) is 0 Å². The zero-order valence-electron chi connectivity index (χ0n) is 7.07. The van der Waals surface area contributed by atoms with Gasteiger partial charge in [0.25, 0.3) is 0 Å². The number of rotatable bonds is 3. The SMILES string of the molecule is O=S=S1CCN(CCCO)CC1. The Morgan fingerprint density at radius 3 is 2.58 bits per heavy atom. The zero-order chi connectivity index (χ0) is 8.81. The third-order valence-electron chi connectivity index (χ3n) is 2.00. The molecule has 0 aromatic rings. The Morgan fingerprint density at radius 1 is 1.42 bits per heavy atom. The molecule has 0 unspecified atom stereocenters. The molecule has 72 valence electrons. The Bertz CT molecular complexity index is 182. The third kappa shape index (κ3) is 3.35. The zero-order valence-corrected chi connectivity index (χ0v) is 8.70. The van der Waals surface area contributed by atoms with Gasteiger partial charge in [-0.3, -0.25) is 0 Å². The van der Waals surface area contributed by atoms with Gasteiger partial charge in [-0.15, -0.1) is 0 Å². The van der Waals surface area contributed by atoms with Crippen LogP contribution in [0.2, 0.25) is 0 Å². The molecule has 5 heteroatoms. The average Bonchev–Trinajstić information content (AvgIpc) is 2.15. The van der Waals surface area contributed by atoms with E-state index in [2.05, 4.69) is 4.90 Å². The summed E-state index contributed by atoms with van der Waals surface area (Å²) in [6.45, 7) is 3.34. The first-order valence-corrected chi connectivity index (χ1v) is 7.00. The molecule has 1 aliphatic rings. The molecule has 1 rings (SSSR count). The maximum Gasteiger partial charge on any atom is 0.120 e. The van der Waals surface area contributed by atoms with E-state index >= 15 is 0 Å². The van der Waals surface area contributed by atoms with Crippen molar-refractivity contribution < 1.29 is 9.32 Å². The molecule has 0 aromatic carbocycles. The second-order valence-corrected chi connectivity index (χ2v) is 6.49. The second-order valence-electron chi connectivity index (χ2n) is 2.83. The van der Waals surface area contributed by atoms with Crippen LogP contribution in [-0.4, -0.2) is 52.0 Å². The van der Waals surface area contributed by atoms with E-state index in [0.717, 1.165) is 47.8 Å². The molecule has 0 aliphatic carbocycles. The van der Waals surface area contributed by atoms with Crippen molar-refractivity contribution in [3.05, 3.63) is 0 Å². The Hall–Kier alpha value is 0.290. The van der Waals surface area contributed by atoms with Crippen molar-refractivity contribution in [1.82, 2.24) is 4.90 Å². The van der Waals surface area contributed by atoms with Crippen LogP contribution in [0, 0.1) is 0 Å². The number of aliphatic hydroxyl groups is 1. The van der Waals surface area contributed by atoms with Crippen molar-refractivity contribution >= 4 is 19.7 Å². The lowest BCUT2D eigenvalue weighted by Gasteiger charge is -2.26. The lowest BCUT2D eigenvalue weighted by molar-refractivity contribution is 0.235. The number of aliphatic hydroxyl groups excluding tert-OH is 1. The van der Waals surface area contributed by atoms with Gasteiger partial charge in [0.2, 0.25) is 0 Å².